The van der Waals surface area contributed by atoms with Crippen LogP contribution in [0, 0.1) is 11.7 Å². The molecule has 0 saturated heterocycles. The fourth-order valence-electron chi connectivity index (χ4n) is 2.53. The summed E-state index contributed by atoms with van der Waals surface area (Å²) in [5.41, 5.74) is 0.522. The van der Waals surface area contributed by atoms with Crippen LogP contribution in [0.4, 0.5) is 10.1 Å². The highest BCUT2D eigenvalue weighted by atomic mass is 35.5. The van der Waals surface area contributed by atoms with Crippen molar-refractivity contribution < 1.29 is 4.39 Å². The van der Waals surface area contributed by atoms with Gasteiger partial charge in [-0.2, -0.15) is 0 Å². The lowest BCUT2D eigenvalue weighted by molar-refractivity contribution is 0.345. The molecule has 0 unspecified atom stereocenters. The molecule has 1 aromatic rings. The summed E-state index contributed by atoms with van der Waals surface area (Å²) in [5, 5.41) is 3.33. The molecular weight excluding hydrogens is 237 g/mol. The van der Waals surface area contributed by atoms with Crippen molar-refractivity contribution in [3.63, 3.8) is 0 Å². The fraction of sp³-hybridized carbons (Fsp3) is 0.571. The zero-order valence-electron chi connectivity index (χ0n) is 10.0. The van der Waals surface area contributed by atoms with E-state index < -0.39 is 0 Å². The number of anilines is 1. The molecule has 0 atom stereocenters. The van der Waals surface area contributed by atoms with Crippen LogP contribution in [0.2, 0.25) is 5.02 Å². The molecule has 0 heterocycles. The second kappa shape index (κ2) is 6.25. The number of rotatable bonds is 4. The summed E-state index contributed by atoms with van der Waals surface area (Å²) in [7, 11) is 0. The van der Waals surface area contributed by atoms with Crippen LogP contribution in [0.25, 0.3) is 0 Å². The summed E-state index contributed by atoms with van der Waals surface area (Å²) < 4.78 is 13.6. The van der Waals surface area contributed by atoms with Gasteiger partial charge in [-0.1, -0.05) is 49.8 Å². The van der Waals surface area contributed by atoms with Gasteiger partial charge in [-0.15, -0.1) is 0 Å². The van der Waals surface area contributed by atoms with Crippen LogP contribution in [0.1, 0.15) is 38.5 Å². The summed E-state index contributed by atoms with van der Waals surface area (Å²) in [4.78, 5) is 0. The van der Waals surface area contributed by atoms with Crippen molar-refractivity contribution in [3.05, 3.63) is 29.0 Å². The van der Waals surface area contributed by atoms with Crippen LogP contribution in [-0.2, 0) is 0 Å². The minimum atomic E-state index is -0.335. The summed E-state index contributed by atoms with van der Waals surface area (Å²) in [5.74, 6) is 0.483. The highest BCUT2D eigenvalue weighted by Crippen LogP contribution is 2.27. The van der Waals surface area contributed by atoms with E-state index in [1.165, 1.54) is 32.1 Å². The Morgan fingerprint density at radius 1 is 1.24 bits per heavy atom. The lowest BCUT2D eigenvalue weighted by Gasteiger charge is -2.21. The second-order valence-corrected chi connectivity index (χ2v) is 5.23. The molecule has 3 heteroatoms. The van der Waals surface area contributed by atoms with Gasteiger partial charge in [-0.05, 0) is 24.5 Å². The predicted molar refractivity (Wildman–Crippen MR) is 71.1 cm³/mol. The molecule has 94 valence electrons. The van der Waals surface area contributed by atoms with E-state index in [1.54, 1.807) is 18.2 Å². The first-order valence-corrected chi connectivity index (χ1v) is 6.83. The number of hydrogen-bond acceptors (Lipinski definition) is 1. The van der Waals surface area contributed by atoms with Gasteiger partial charge in [0.2, 0.25) is 0 Å². The number of benzene rings is 1. The van der Waals surface area contributed by atoms with Gasteiger partial charge >= 0.3 is 0 Å². The molecule has 0 bridgehead atoms. The van der Waals surface area contributed by atoms with E-state index in [4.69, 9.17) is 11.6 Å². The average molecular weight is 256 g/mol. The highest BCUT2D eigenvalue weighted by molar-refractivity contribution is 6.31. The normalized spacial score (nSPS) is 17.1. The Morgan fingerprint density at radius 2 is 2.00 bits per heavy atom. The van der Waals surface area contributed by atoms with Crippen LogP contribution < -0.4 is 5.32 Å². The number of halogens is 2. The molecule has 0 aliphatic heterocycles. The first kappa shape index (κ1) is 12.7. The molecule has 1 aromatic carbocycles. The van der Waals surface area contributed by atoms with Crippen molar-refractivity contribution in [2.45, 2.75) is 38.5 Å². The molecule has 1 aliphatic rings. The third-order valence-electron chi connectivity index (χ3n) is 3.54. The Balaban J connectivity index is 1.79. The topological polar surface area (TPSA) is 12.0 Å². The Kier molecular flexibility index (Phi) is 4.66. The van der Waals surface area contributed by atoms with E-state index in [-0.39, 0.29) is 10.8 Å². The Bertz CT molecular complexity index is 361. The minimum Gasteiger partial charge on any atom is -0.383 e. The van der Waals surface area contributed by atoms with E-state index in [2.05, 4.69) is 5.32 Å². The van der Waals surface area contributed by atoms with Gasteiger partial charge in [-0.25, -0.2) is 4.39 Å². The minimum absolute atomic E-state index is 0.188. The lowest BCUT2D eigenvalue weighted by atomic mass is 9.87. The zero-order valence-corrected chi connectivity index (χ0v) is 10.8. The Hall–Kier alpha value is -0.760. The van der Waals surface area contributed by atoms with Gasteiger partial charge in [0.25, 0.3) is 0 Å². The third kappa shape index (κ3) is 3.60. The van der Waals surface area contributed by atoms with E-state index >= 15 is 0 Å². The maximum Gasteiger partial charge on any atom is 0.164 e. The Morgan fingerprint density at radius 3 is 2.76 bits per heavy atom. The average Bonchev–Trinajstić information content (AvgIpc) is 2.36. The van der Waals surface area contributed by atoms with Crippen molar-refractivity contribution in [2.75, 3.05) is 11.9 Å². The van der Waals surface area contributed by atoms with E-state index in [9.17, 15) is 4.39 Å². The molecule has 0 spiro atoms. The molecule has 1 nitrogen and oxygen atoms in total. The molecule has 1 aliphatic carbocycles. The Labute approximate surface area is 107 Å². The quantitative estimate of drug-likeness (QED) is 0.810. The van der Waals surface area contributed by atoms with Gasteiger partial charge in [0.1, 0.15) is 0 Å². The van der Waals surface area contributed by atoms with Crippen LogP contribution in [0.15, 0.2) is 18.2 Å². The lowest BCUT2D eigenvalue weighted by Crippen LogP contribution is -2.12. The molecule has 1 fully saturated rings. The molecule has 0 radical (unpaired) electrons. The smallest absolute Gasteiger partial charge is 0.164 e. The number of nitrogens with one attached hydrogen (secondary N) is 1. The first-order valence-electron chi connectivity index (χ1n) is 6.45. The van der Waals surface area contributed by atoms with Crippen LogP contribution >= 0.6 is 11.6 Å². The first-order chi connectivity index (χ1) is 8.27. The van der Waals surface area contributed by atoms with Gasteiger partial charge in [0.15, 0.2) is 5.82 Å². The molecule has 17 heavy (non-hydrogen) atoms. The SMILES string of the molecule is Fc1c(Cl)cccc1NCCC1CCCCC1. The highest BCUT2D eigenvalue weighted by Gasteiger charge is 2.13. The van der Waals surface area contributed by atoms with Crippen molar-refractivity contribution in [3.8, 4) is 0 Å². The second-order valence-electron chi connectivity index (χ2n) is 4.82. The van der Waals surface area contributed by atoms with Crippen molar-refractivity contribution >= 4 is 17.3 Å². The molecule has 1 saturated carbocycles. The largest absolute Gasteiger partial charge is 0.383 e. The summed E-state index contributed by atoms with van der Waals surface area (Å²) in [6.45, 7) is 0.835. The predicted octanol–water partition coefficient (Wildman–Crippen LogP) is 4.86. The van der Waals surface area contributed by atoms with Crippen LogP contribution in [0.5, 0.6) is 0 Å². The van der Waals surface area contributed by atoms with Crippen LogP contribution in [0.3, 0.4) is 0 Å². The molecule has 2 rings (SSSR count). The van der Waals surface area contributed by atoms with Gasteiger partial charge in [0, 0.05) is 6.54 Å². The monoisotopic (exact) mass is 255 g/mol. The maximum atomic E-state index is 13.6. The fourth-order valence-corrected chi connectivity index (χ4v) is 2.70. The van der Waals surface area contributed by atoms with Crippen molar-refractivity contribution in [1.82, 2.24) is 0 Å². The summed E-state index contributed by atoms with van der Waals surface area (Å²) in [6.07, 6.45) is 7.89. The van der Waals surface area contributed by atoms with Crippen molar-refractivity contribution in [2.24, 2.45) is 5.92 Å². The summed E-state index contributed by atoms with van der Waals surface area (Å²) >= 11 is 5.73. The van der Waals surface area contributed by atoms with E-state index in [1.807, 2.05) is 0 Å². The molecule has 0 aromatic heterocycles. The zero-order chi connectivity index (χ0) is 12.1. The van der Waals surface area contributed by atoms with E-state index in [0.717, 1.165) is 18.9 Å². The van der Waals surface area contributed by atoms with Gasteiger partial charge in [0.05, 0.1) is 10.7 Å². The van der Waals surface area contributed by atoms with Crippen molar-refractivity contribution in [1.29, 1.82) is 0 Å². The standard InChI is InChI=1S/C14H19ClFN/c15-12-7-4-8-13(14(12)16)17-10-9-11-5-2-1-3-6-11/h4,7-8,11,17H,1-3,5-6,9-10H2. The van der Waals surface area contributed by atoms with Gasteiger partial charge in [-0.3, -0.25) is 0 Å². The van der Waals surface area contributed by atoms with E-state index in [0.29, 0.717) is 5.69 Å². The van der Waals surface area contributed by atoms with Gasteiger partial charge < -0.3 is 5.32 Å². The third-order valence-corrected chi connectivity index (χ3v) is 3.84. The molecular formula is C14H19ClFN. The maximum absolute atomic E-state index is 13.6. The molecule has 0 amide bonds. The number of hydrogen-bond donors (Lipinski definition) is 1. The van der Waals surface area contributed by atoms with Crippen LogP contribution in [-0.4, -0.2) is 6.54 Å². The summed E-state index contributed by atoms with van der Waals surface area (Å²) in [6, 6.07) is 5.08. The molecule has 1 N–H and O–H groups in total.